The number of aromatic nitrogens is 2. The smallest absolute Gasteiger partial charge is 0.325 e. The molecule has 0 spiro atoms. The Bertz CT molecular complexity index is 1070. The fraction of sp³-hybridized carbons (Fsp3) is 0.158. The van der Waals surface area contributed by atoms with Gasteiger partial charge in [0, 0.05) is 15.6 Å². The van der Waals surface area contributed by atoms with Crippen LogP contribution in [0.25, 0.3) is 11.5 Å². The third-order valence-electron chi connectivity index (χ3n) is 4.54. The Morgan fingerprint density at radius 1 is 1.11 bits per heavy atom. The van der Waals surface area contributed by atoms with Crippen molar-refractivity contribution in [1.82, 2.24) is 20.4 Å². The standard InChI is InChI=1S/C19H14Cl2N4O3/c1-19(12-3-2-4-14(21)9-12)17(26)25(18(27)23-19)10-15-22-16(28-24-15)11-5-7-13(20)8-6-11/h2-9H,10H2,1H3,(H,23,27). The number of halogens is 2. The number of carbonyl (C=O) groups excluding carboxylic acids is 2. The molecule has 3 amide bonds. The van der Waals surface area contributed by atoms with E-state index in [4.69, 9.17) is 27.7 Å². The fourth-order valence-electron chi connectivity index (χ4n) is 3.01. The number of imide groups is 1. The van der Waals surface area contributed by atoms with Gasteiger partial charge in [-0.2, -0.15) is 4.98 Å². The molecule has 28 heavy (non-hydrogen) atoms. The van der Waals surface area contributed by atoms with Crippen molar-refractivity contribution in [2.24, 2.45) is 0 Å². The highest BCUT2D eigenvalue weighted by Gasteiger charge is 2.49. The van der Waals surface area contributed by atoms with Gasteiger partial charge in [0.2, 0.25) is 0 Å². The average Bonchev–Trinajstić information content (AvgIpc) is 3.22. The molecule has 0 radical (unpaired) electrons. The first-order chi connectivity index (χ1) is 13.4. The van der Waals surface area contributed by atoms with Crippen LogP contribution >= 0.6 is 23.2 Å². The molecule has 2 heterocycles. The number of urea groups is 1. The Balaban J connectivity index is 1.56. The predicted octanol–water partition coefficient (Wildman–Crippen LogP) is 4.01. The summed E-state index contributed by atoms with van der Waals surface area (Å²) in [7, 11) is 0. The summed E-state index contributed by atoms with van der Waals surface area (Å²) in [5, 5.41) is 7.65. The third-order valence-corrected chi connectivity index (χ3v) is 5.02. The minimum absolute atomic E-state index is 0.113. The van der Waals surface area contributed by atoms with Gasteiger partial charge in [-0.1, -0.05) is 40.5 Å². The van der Waals surface area contributed by atoms with E-state index >= 15 is 0 Å². The lowest BCUT2D eigenvalue weighted by Crippen LogP contribution is -2.40. The second kappa shape index (κ2) is 6.92. The van der Waals surface area contributed by atoms with Crippen LogP contribution in [-0.4, -0.2) is 27.0 Å². The first-order valence-corrected chi connectivity index (χ1v) is 9.11. The molecule has 1 saturated heterocycles. The van der Waals surface area contributed by atoms with Crippen LogP contribution < -0.4 is 5.32 Å². The van der Waals surface area contributed by atoms with Gasteiger partial charge in [-0.15, -0.1) is 0 Å². The van der Waals surface area contributed by atoms with Crippen LogP contribution in [0.2, 0.25) is 10.0 Å². The summed E-state index contributed by atoms with van der Waals surface area (Å²) in [4.78, 5) is 30.7. The van der Waals surface area contributed by atoms with E-state index in [-0.39, 0.29) is 18.3 Å². The minimum Gasteiger partial charge on any atom is -0.334 e. The lowest BCUT2D eigenvalue weighted by Gasteiger charge is -2.22. The molecule has 1 unspecified atom stereocenters. The number of nitrogens with zero attached hydrogens (tertiary/aromatic N) is 3. The number of hydrogen-bond acceptors (Lipinski definition) is 5. The zero-order valence-corrected chi connectivity index (χ0v) is 16.2. The van der Waals surface area contributed by atoms with E-state index in [2.05, 4.69) is 15.5 Å². The fourth-order valence-corrected chi connectivity index (χ4v) is 3.32. The zero-order valence-electron chi connectivity index (χ0n) is 14.6. The summed E-state index contributed by atoms with van der Waals surface area (Å²) >= 11 is 11.9. The number of hydrogen-bond donors (Lipinski definition) is 1. The lowest BCUT2D eigenvalue weighted by atomic mass is 9.92. The summed E-state index contributed by atoms with van der Waals surface area (Å²) in [6.45, 7) is 1.52. The SMILES string of the molecule is CC1(c2cccc(Cl)c2)NC(=O)N(Cc2noc(-c3ccc(Cl)cc3)n2)C1=O. The van der Waals surface area contributed by atoms with Crippen molar-refractivity contribution in [3.8, 4) is 11.5 Å². The molecular formula is C19H14Cl2N4O3. The van der Waals surface area contributed by atoms with Crippen molar-refractivity contribution >= 4 is 35.1 Å². The van der Waals surface area contributed by atoms with Crippen molar-refractivity contribution < 1.29 is 14.1 Å². The van der Waals surface area contributed by atoms with Crippen molar-refractivity contribution in [2.45, 2.75) is 19.0 Å². The van der Waals surface area contributed by atoms with Gasteiger partial charge in [0.15, 0.2) is 5.82 Å². The molecule has 7 nitrogen and oxygen atoms in total. The second-order valence-corrected chi connectivity index (χ2v) is 7.35. The molecule has 0 aliphatic carbocycles. The number of carbonyl (C=O) groups is 2. The van der Waals surface area contributed by atoms with E-state index in [0.29, 0.717) is 21.2 Å². The Hall–Kier alpha value is -2.90. The maximum Gasteiger partial charge on any atom is 0.325 e. The predicted molar refractivity (Wildman–Crippen MR) is 103 cm³/mol. The Labute approximate surface area is 170 Å². The first-order valence-electron chi connectivity index (χ1n) is 8.35. The van der Waals surface area contributed by atoms with Gasteiger partial charge in [-0.25, -0.2) is 4.79 Å². The van der Waals surface area contributed by atoms with E-state index in [1.165, 1.54) is 0 Å². The normalized spacial score (nSPS) is 19.2. The zero-order chi connectivity index (χ0) is 19.9. The van der Waals surface area contributed by atoms with Crippen molar-refractivity contribution in [3.05, 3.63) is 70.0 Å². The van der Waals surface area contributed by atoms with Crippen LogP contribution in [0.4, 0.5) is 4.79 Å². The molecule has 1 aliphatic heterocycles. The van der Waals surface area contributed by atoms with Gasteiger partial charge >= 0.3 is 6.03 Å². The van der Waals surface area contributed by atoms with Crippen molar-refractivity contribution in [2.75, 3.05) is 0 Å². The average molecular weight is 417 g/mol. The molecule has 0 bridgehead atoms. The quantitative estimate of drug-likeness (QED) is 0.648. The van der Waals surface area contributed by atoms with E-state index in [1.54, 1.807) is 55.5 Å². The van der Waals surface area contributed by atoms with Crippen LogP contribution in [0, 0.1) is 0 Å². The van der Waals surface area contributed by atoms with Gasteiger partial charge in [-0.3, -0.25) is 9.69 Å². The lowest BCUT2D eigenvalue weighted by molar-refractivity contribution is -0.131. The number of benzene rings is 2. The summed E-state index contributed by atoms with van der Waals surface area (Å²) in [5.41, 5.74) is 0.0602. The molecule has 1 N–H and O–H groups in total. The molecule has 1 aromatic heterocycles. The van der Waals surface area contributed by atoms with Crippen molar-refractivity contribution in [1.29, 1.82) is 0 Å². The molecule has 1 aliphatic rings. The first kappa shape index (κ1) is 18.5. The van der Waals surface area contributed by atoms with Crippen LogP contribution in [0.1, 0.15) is 18.3 Å². The van der Waals surface area contributed by atoms with Gasteiger partial charge in [-0.05, 0) is 48.9 Å². The summed E-state index contributed by atoms with van der Waals surface area (Å²) in [6, 6.07) is 13.2. The highest BCUT2D eigenvalue weighted by Crippen LogP contribution is 2.31. The minimum atomic E-state index is -1.22. The number of rotatable bonds is 4. The molecule has 1 fully saturated rings. The topological polar surface area (TPSA) is 88.3 Å². The highest BCUT2D eigenvalue weighted by molar-refractivity contribution is 6.31. The van der Waals surface area contributed by atoms with Crippen LogP contribution in [0.3, 0.4) is 0 Å². The highest BCUT2D eigenvalue weighted by atomic mass is 35.5. The third kappa shape index (κ3) is 3.23. The summed E-state index contributed by atoms with van der Waals surface area (Å²) in [5.74, 6) is 0.0673. The van der Waals surface area contributed by atoms with Crippen molar-refractivity contribution in [3.63, 3.8) is 0 Å². The van der Waals surface area contributed by atoms with E-state index in [0.717, 1.165) is 4.90 Å². The monoisotopic (exact) mass is 416 g/mol. The molecule has 1 atom stereocenters. The van der Waals surface area contributed by atoms with Crippen LogP contribution in [0.5, 0.6) is 0 Å². The van der Waals surface area contributed by atoms with Gasteiger partial charge in [0.1, 0.15) is 5.54 Å². The van der Waals surface area contributed by atoms with Gasteiger partial charge in [0.25, 0.3) is 11.8 Å². The summed E-state index contributed by atoms with van der Waals surface area (Å²) < 4.78 is 5.23. The second-order valence-electron chi connectivity index (χ2n) is 6.48. The Kier molecular flexibility index (Phi) is 4.56. The molecule has 142 valence electrons. The van der Waals surface area contributed by atoms with Gasteiger partial charge < -0.3 is 9.84 Å². The number of amides is 3. The van der Waals surface area contributed by atoms with Crippen LogP contribution in [-0.2, 0) is 16.9 Å². The molecule has 9 heteroatoms. The molecule has 2 aromatic carbocycles. The van der Waals surface area contributed by atoms with E-state index in [9.17, 15) is 9.59 Å². The van der Waals surface area contributed by atoms with Gasteiger partial charge in [0.05, 0.1) is 6.54 Å². The maximum absolute atomic E-state index is 13.0. The maximum atomic E-state index is 13.0. The Morgan fingerprint density at radius 2 is 1.86 bits per heavy atom. The molecule has 3 aromatic rings. The van der Waals surface area contributed by atoms with E-state index < -0.39 is 17.5 Å². The van der Waals surface area contributed by atoms with E-state index in [1.807, 2.05) is 0 Å². The molecular weight excluding hydrogens is 403 g/mol. The molecule has 0 saturated carbocycles. The number of nitrogens with one attached hydrogen (secondary N) is 1. The largest absolute Gasteiger partial charge is 0.334 e. The Morgan fingerprint density at radius 3 is 2.57 bits per heavy atom. The summed E-state index contributed by atoms with van der Waals surface area (Å²) in [6.07, 6.45) is 0. The molecule has 4 rings (SSSR count). The van der Waals surface area contributed by atoms with Crippen LogP contribution in [0.15, 0.2) is 53.1 Å².